The fourth-order valence-corrected chi connectivity index (χ4v) is 2.38. The van der Waals surface area contributed by atoms with Crippen molar-refractivity contribution in [2.24, 2.45) is 11.7 Å². The molecule has 3 N–H and O–H groups in total. The van der Waals surface area contributed by atoms with Gasteiger partial charge in [-0.3, -0.25) is 4.79 Å². The number of nitrogens with one attached hydrogen (secondary N) is 1. The Morgan fingerprint density at radius 3 is 2.31 bits per heavy atom. The zero-order valence-electron chi connectivity index (χ0n) is 14.9. The van der Waals surface area contributed by atoms with Gasteiger partial charge in [0.05, 0.1) is 0 Å². The maximum absolute atomic E-state index is 11.9. The van der Waals surface area contributed by atoms with Crippen LogP contribution in [-0.4, -0.2) is 19.0 Å². The van der Waals surface area contributed by atoms with Crippen LogP contribution >= 0.6 is 0 Å². The first-order chi connectivity index (χ1) is 12.1. The molecule has 1 aliphatic heterocycles. The van der Waals surface area contributed by atoms with Gasteiger partial charge in [-0.25, -0.2) is 4.39 Å². The number of hydrogen-bond donors (Lipinski definition) is 2. The van der Waals surface area contributed by atoms with Crippen molar-refractivity contribution in [1.29, 1.82) is 0 Å². The molecule has 0 aliphatic carbocycles. The molecule has 1 aliphatic rings. The van der Waals surface area contributed by atoms with Crippen molar-refractivity contribution in [3.63, 3.8) is 0 Å². The van der Waals surface area contributed by atoms with Crippen LogP contribution in [0.25, 0.3) is 0 Å². The molecule has 26 heavy (non-hydrogen) atoms. The summed E-state index contributed by atoms with van der Waals surface area (Å²) in [5.74, 6) is 0.141. The molecule has 0 saturated carbocycles. The van der Waals surface area contributed by atoms with Gasteiger partial charge in [-0.2, -0.15) is 42.3 Å². The van der Waals surface area contributed by atoms with Crippen molar-refractivity contribution in [1.82, 2.24) is 5.32 Å². The maximum Gasteiger partial charge on any atom is 2.00 e. The van der Waals surface area contributed by atoms with Crippen LogP contribution in [0.4, 0.5) is 4.39 Å². The van der Waals surface area contributed by atoms with Crippen molar-refractivity contribution in [3.8, 4) is 0 Å². The van der Waals surface area contributed by atoms with Gasteiger partial charge in [0.25, 0.3) is 0 Å². The Labute approximate surface area is 195 Å². The third-order valence-corrected chi connectivity index (χ3v) is 3.66. The zero-order valence-corrected chi connectivity index (χ0v) is 16.6. The Bertz CT molecular complexity index is 575. The molecule has 1 heterocycles. The van der Waals surface area contributed by atoms with Gasteiger partial charge in [0.2, 0.25) is 5.91 Å². The molecular weight excluding hydrogens is 488 g/mol. The van der Waals surface area contributed by atoms with Gasteiger partial charge < -0.3 is 18.0 Å². The number of benzene rings is 2. The summed E-state index contributed by atoms with van der Waals surface area (Å²) < 4.78 is 11.9. The topological polar surface area (TPSA) is 55.1 Å². The van der Waals surface area contributed by atoms with Crippen molar-refractivity contribution in [2.75, 3.05) is 13.1 Å². The van der Waals surface area contributed by atoms with Crippen LogP contribution in [0.2, 0.25) is 0 Å². The Balaban J connectivity index is 0.000000359. The Kier molecular flexibility index (Phi) is 16.1. The molecule has 1 amide bonds. The van der Waals surface area contributed by atoms with E-state index in [0.29, 0.717) is 12.3 Å². The molecule has 148 valence electrons. The van der Waals surface area contributed by atoms with Crippen LogP contribution in [-0.2, 0) is 11.2 Å². The molecule has 0 spiro atoms. The monoisotopic (exact) mass is 516 g/mol. The Morgan fingerprint density at radius 1 is 1.23 bits per heavy atom. The van der Waals surface area contributed by atoms with Crippen LogP contribution in [0.3, 0.4) is 0 Å². The first-order valence-corrected chi connectivity index (χ1v) is 8.56. The predicted octanol–water partition coefficient (Wildman–Crippen LogP) is 3.55. The largest absolute Gasteiger partial charge is 2.00 e. The van der Waals surface area contributed by atoms with E-state index in [2.05, 4.69) is 18.3 Å². The standard InChI is InChI=1S/C8H8.C7H14N2O.C6H5F.Yb/c1-2-8-6-4-3-5-7-8;8-7(10)4-6-2-1-3-9-5-6;7-6-4-2-1-3-5-6;/h3-6H,1-2H2;6,9H,1-5H2,(H2,8,10);1-5H;/q-2;;;+2. The van der Waals surface area contributed by atoms with Gasteiger partial charge in [-0.1, -0.05) is 18.2 Å². The average Bonchev–Trinajstić information content (AvgIpc) is 2.64. The van der Waals surface area contributed by atoms with Crippen LogP contribution in [0.15, 0.2) is 54.6 Å². The van der Waals surface area contributed by atoms with Crippen molar-refractivity contribution >= 4 is 5.91 Å². The number of halogens is 1. The van der Waals surface area contributed by atoms with E-state index < -0.39 is 0 Å². The molecule has 3 rings (SSSR count). The van der Waals surface area contributed by atoms with Gasteiger partial charge in [0, 0.05) is 6.42 Å². The molecule has 2 aromatic rings. The van der Waals surface area contributed by atoms with E-state index >= 15 is 0 Å². The van der Waals surface area contributed by atoms with Crippen LogP contribution in [0.1, 0.15) is 24.8 Å². The van der Waals surface area contributed by atoms with Crippen LogP contribution in [0, 0.1) is 71.6 Å². The first-order valence-electron chi connectivity index (χ1n) is 8.56. The number of primary amides is 1. The summed E-state index contributed by atoms with van der Waals surface area (Å²) in [7, 11) is 0. The van der Waals surface area contributed by atoms with E-state index in [0.717, 1.165) is 25.9 Å². The molecule has 1 fully saturated rings. The van der Waals surface area contributed by atoms with E-state index in [4.69, 9.17) is 5.73 Å². The molecule has 0 bridgehead atoms. The van der Waals surface area contributed by atoms with Crippen LogP contribution < -0.4 is 11.1 Å². The number of piperidine rings is 1. The predicted molar refractivity (Wildman–Crippen MR) is 100 cm³/mol. The number of carbonyl (C=O) groups excluding carboxylic acids is 1. The zero-order chi connectivity index (χ0) is 18.3. The second kappa shape index (κ2) is 16.5. The van der Waals surface area contributed by atoms with Crippen molar-refractivity contribution in [3.05, 3.63) is 79.0 Å². The summed E-state index contributed by atoms with van der Waals surface area (Å²) in [5.41, 5.74) is 6.23. The maximum atomic E-state index is 11.9. The molecule has 1 unspecified atom stereocenters. The third-order valence-electron chi connectivity index (χ3n) is 3.66. The normalized spacial score (nSPS) is 15.2. The molecule has 1 atom stereocenters. The summed E-state index contributed by atoms with van der Waals surface area (Å²) in [6.07, 6.45) is 3.71. The van der Waals surface area contributed by atoms with E-state index in [1.54, 1.807) is 18.2 Å². The molecule has 2 aromatic carbocycles. The molecule has 3 nitrogen and oxygen atoms in total. The van der Waals surface area contributed by atoms with E-state index in [9.17, 15) is 9.18 Å². The van der Waals surface area contributed by atoms with Gasteiger partial charge in [-0.15, -0.1) is 0 Å². The number of nitrogens with two attached hydrogens (primary N) is 1. The smallest absolute Gasteiger partial charge is 0.370 e. The second-order valence-electron chi connectivity index (χ2n) is 5.82. The third kappa shape index (κ3) is 13.5. The van der Waals surface area contributed by atoms with Crippen molar-refractivity contribution in [2.45, 2.75) is 25.7 Å². The van der Waals surface area contributed by atoms with Gasteiger partial charge in [-0.05, 0) is 44.0 Å². The fourth-order valence-electron chi connectivity index (χ4n) is 2.38. The molecule has 0 radical (unpaired) electrons. The van der Waals surface area contributed by atoms with Crippen LogP contribution in [0.5, 0.6) is 0 Å². The SMILES string of the molecule is Fc1ccccc1.NC(=O)CC1CCCNC1.[CH2-]Cc1[c-]cccc1.[Yb+2]. The summed E-state index contributed by atoms with van der Waals surface area (Å²) >= 11 is 0. The first kappa shape index (κ1) is 25.3. The quantitative estimate of drug-likeness (QED) is 0.615. The van der Waals surface area contributed by atoms with Gasteiger partial charge in [0.1, 0.15) is 5.82 Å². The number of hydrogen-bond acceptors (Lipinski definition) is 2. The average molecular weight is 515 g/mol. The van der Waals surface area contributed by atoms with E-state index in [1.165, 1.54) is 24.1 Å². The molecular formula is C21H27FN2OYb. The number of amides is 1. The minimum Gasteiger partial charge on any atom is -0.370 e. The number of carbonyl (C=O) groups is 1. The van der Waals surface area contributed by atoms with Crippen molar-refractivity contribution < 1.29 is 56.1 Å². The minimum atomic E-state index is -0.178. The minimum absolute atomic E-state index is 0. The fraction of sp³-hybridized carbons (Fsp3) is 0.333. The van der Waals surface area contributed by atoms with E-state index in [1.807, 2.05) is 24.3 Å². The molecule has 5 heteroatoms. The summed E-state index contributed by atoms with van der Waals surface area (Å²) in [6.45, 7) is 5.78. The summed E-state index contributed by atoms with van der Waals surface area (Å²) in [4.78, 5) is 10.5. The van der Waals surface area contributed by atoms with Gasteiger partial charge in [0.15, 0.2) is 0 Å². The van der Waals surface area contributed by atoms with Gasteiger partial charge >= 0.3 is 46.9 Å². The molecule has 0 aromatic heterocycles. The molecule has 1 saturated heterocycles. The second-order valence-corrected chi connectivity index (χ2v) is 5.82. The summed E-state index contributed by atoms with van der Waals surface area (Å²) in [6, 6.07) is 18.9. The number of rotatable bonds is 3. The van der Waals surface area contributed by atoms with E-state index in [-0.39, 0.29) is 58.6 Å². The summed E-state index contributed by atoms with van der Waals surface area (Å²) in [5, 5.41) is 3.23. The Hall–Kier alpha value is -0.681. The Morgan fingerprint density at radius 2 is 1.92 bits per heavy atom.